The van der Waals surface area contributed by atoms with E-state index in [-0.39, 0.29) is 5.56 Å². The third-order valence-electron chi connectivity index (χ3n) is 3.38. The third kappa shape index (κ3) is 3.95. The Kier molecular flexibility index (Phi) is 4.97. The van der Waals surface area contributed by atoms with Gasteiger partial charge in [0.25, 0.3) is 5.91 Å². The van der Waals surface area contributed by atoms with E-state index in [4.69, 9.17) is 32.4 Å². The fourth-order valence-electron chi connectivity index (χ4n) is 2.33. The van der Waals surface area contributed by atoms with E-state index in [1.165, 1.54) is 18.2 Å². The van der Waals surface area contributed by atoms with Gasteiger partial charge in [0.05, 0.1) is 6.61 Å². The fourth-order valence-corrected chi connectivity index (χ4v) is 2.86. The normalized spacial score (nSPS) is 10.7. The van der Waals surface area contributed by atoms with Gasteiger partial charge >= 0.3 is 5.63 Å². The largest absolute Gasteiger partial charge is 0.494 e. The van der Waals surface area contributed by atoms with Crippen molar-refractivity contribution in [2.45, 2.75) is 6.92 Å². The molecule has 0 saturated carbocycles. The summed E-state index contributed by atoms with van der Waals surface area (Å²) in [7, 11) is 0. The van der Waals surface area contributed by atoms with Crippen LogP contribution < -0.4 is 15.7 Å². The zero-order valence-electron chi connectivity index (χ0n) is 13.1. The summed E-state index contributed by atoms with van der Waals surface area (Å²) in [5.74, 6) is -0.0215. The van der Waals surface area contributed by atoms with E-state index in [1.54, 1.807) is 24.3 Å². The van der Waals surface area contributed by atoms with Gasteiger partial charge in [-0.05, 0) is 43.3 Å². The molecule has 3 aromatic rings. The number of anilines is 1. The Hall–Kier alpha value is -2.50. The lowest BCUT2D eigenvalue weighted by Crippen LogP contribution is -2.20. The highest BCUT2D eigenvalue weighted by atomic mass is 35.5. The van der Waals surface area contributed by atoms with E-state index in [2.05, 4.69) is 5.32 Å². The summed E-state index contributed by atoms with van der Waals surface area (Å²) in [4.78, 5) is 24.5. The van der Waals surface area contributed by atoms with E-state index in [1.807, 2.05) is 6.92 Å². The number of fused-ring (bicyclic) bond motifs is 1. The first-order chi connectivity index (χ1) is 12.0. The van der Waals surface area contributed by atoms with Crippen LogP contribution in [0.3, 0.4) is 0 Å². The van der Waals surface area contributed by atoms with Crippen molar-refractivity contribution >= 4 is 45.8 Å². The van der Waals surface area contributed by atoms with E-state index in [0.717, 1.165) is 0 Å². The van der Waals surface area contributed by atoms with Crippen molar-refractivity contribution in [2.24, 2.45) is 0 Å². The molecule has 0 radical (unpaired) electrons. The molecule has 2 aromatic carbocycles. The Bertz CT molecular complexity index is 993. The molecule has 0 atom stereocenters. The molecule has 0 saturated heterocycles. The molecule has 0 aliphatic rings. The Labute approximate surface area is 153 Å². The molecule has 0 unspecified atom stereocenters. The van der Waals surface area contributed by atoms with Crippen LogP contribution in [-0.2, 0) is 0 Å². The summed E-state index contributed by atoms with van der Waals surface area (Å²) in [6.45, 7) is 2.36. The van der Waals surface area contributed by atoms with Crippen LogP contribution in [0.2, 0.25) is 10.0 Å². The summed E-state index contributed by atoms with van der Waals surface area (Å²) in [6.07, 6.45) is 0. The molecule has 1 amide bonds. The first kappa shape index (κ1) is 17.3. The van der Waals surface area contributed by atoms with Gasteiger partial charge < -0.3 is 14.5 Å². The first-order valence-corrected chi connectivity index (χ1v) is 8.20. The van der Waals surface area contributed by atoms with Crippen molar-refractivity contribution in [1.29, 1.82) is 0 Å². The summed E-state index contributed by atoms with van der Waals surface area (Å²) < 4.78 is 10.6. The van der Waals surface area contributed by atoms with Crippen molar-refractivity contribution in [2.75, 3.05) is 11.9 Å². The zero-order chi connectivity index (χ0) is 18.0. The average molecular weight is 378 g/mol. The number of amides is 1. The van der Waals surface area contributed by atoms with Crippen LogP contribution in [0.4, 0.5) is 5.69 Å². The fraction of sp³-hybridized carbons (Fsp3) is 0.111. The molecule has 0 aliphatic carbocycles. The Balaban J connectivity index is 1.94. The van der Waals surface area contributed by atoms with E-state index < -0.39 is 11.5 Å². The Morgan fingerprint density at radius 2 is 1.84 bits per heavy atom. The van der Waals surface area contributed by atoms with Gasteiger partial charge in [0.15, 0.2) is 0 Å². The third-order valence-corrected chi connectivity index (χ3v) is 3.82. The Morgan fingerprint density at radius 1 is 1.12 bits per heavy atom. The summed E-state index contributed by atoms with van der Waals surface area (Å²) in [5, 5.41) is 3.94. The average Bonchev–Trinajstić information content (AvgIpc) is 2.53. The molecule has 0 spiro atoms. The number of hydrogen-bond donors (Lipinski definition) is 1. The highest BCUT2D eigenvalue weighted by Gasteiger charge is 2.15. The van der Waals surface area contributed by atoms with E-state index in [0.29, 0.717) is 39.1 Å². The number of hydrogen-bond acceptors (Lipinski definition) is 4. The van der Waals surface area contributed by atoms with Gasteiger partial charge in [-0.1, -0.05) is 23.2 Å². The smallest absolute Gasteiger partial charge is 0.349 e. The number of halogens is 2. The van der Waals surface area contributed by atoms with Gasteiger partial charge in [-0.3, -0.25) is 4.79 Å². The summed E-state index contributed by atoms with van der Waals surface area (Å²) in [5.41, 5.74) is -0.133. The summed E-state index contributed by atoms with van der Waals surface area (Å²) in [6, 6.07) is 11.1. The molecule has 0 fully saturated rings. The molecule has 5 nitrogen and oxygen atoms in total. The topological polar surface area (TPSA) is 68.5 Å². The van der Waals surface area contributed by atoms with Crippen LogP contribution in [0.15, 0.2) is 51.7 Å². The van der Waals surface area contributed by atoms with Crippen molar-refractivity contribution in [3.63, 3.8) is 0 Å². The predicted molar refractivity (Wildman–Crippen MR) is 98.1 cm³/mol. The molecule has 25 heavy (non-hydrogen) atoms. The van der Waals surface area contributed by atoms with Gasteiger partial charge in [0.2, 0.25) is 0 Å². The highest BCUT2D eigenvalue weighted by molar-refractivity contribution is 6.35. The second kappa shape index (κ2) is 7.17. The molecule has 7 heteroatoms. The van der Waals surface area contributed by atoms with Crippen LogP contribution in [0.25, 0.3) is 11.0 Å². The predicted octanol–water partition coefficient (Wildman–Crippen LogP) is 4.75. The minimum absolute atomic E-state index is 0.118. The molecule has 1 heterocycles. The van der Waals surface area contributed by atoms with E-state index in [9.17, 15) is 9.59 Å². The van der Waals surface area contributed by atoms with E-state index >= 15 is 0 Å². The number of ether oxygens (including phenoxy) is 1. The van der Waals surface area contributed by atoms with Crippen LogP contribution in [0, 0.1) is 0 Å². The van der Waals surface area contributed by atoms with Crippen molar-refractivity contribution < 1.29 is 13.9 Å². The molecule has 128 valence electrons. The van der Waals surface area contributed by atoms with Crippen molar-refractivity contribution in [3.8, 4) is 5.75 Å². The molecule has 3 rings (SSSR count). The van der Waals surface area contributed by atoms with Crippen LogP contribution in [0.5, 0.6) is 5.75 Å². The lowest BCUT2D eigenvalue weighted by molar-refractivity contribution is 0.102. The second-order valence-electron chi connectivity index (χ2n) is 5.19. The van der Waals surface area contributed by atoms with Gasteiger partial charge in [-0.2, -0.15) is 0 Å². The quantitative estimate of drug-likeness (QED) is 0.666. The number of carbonyl (C=O) groups is 1. The lowest BCUT2D eigenvalue weighted by Gasteiger charge is -2.07. The maximum Gasteiger partial charge on any atom is 0.349 e. The Morgan fingerprint density at radius 3 is 2.52 bits per heavy atom. The van der Waals surface area contributed by atoms with Crippen LogP contribution in [0.1, 0.15) is 17.3 Å². The van der Waals surface area contributed by atoms with Crippen LogP contribution in [-0.4, -0.2) is 12.5 Å². The SMILES string of the molecule is CCOc1ccc2cc(C(=O)Nc3cc(Cl)cc(Cl)c3)c(=O)oc2c1. The highest BCUT2D eigenvalue weighted by Crippen LogP contribution is 2.24. The first-order valence-electron chi connectivity index (χ1n) is 7.44. The van der Waals surface area contributed by atoms with Crippen LogP contribution >= 0.6 is 23.2 Å². The maximum absolute atomic E-state index is 12.4. The van der Waals surface area contributed by atoms with Crippen molar-refractivity contribution in [3.05, 3.63) is 68.5 Å². The zero-order valence-corrected chi connectivity index (χ0v) is 14.6. The molecule has 0 aliphatic heterocycles. The monoisotopic (exact) mass is 377 g/mol. The van der Waals surface area contributed by atoms with Crippen molar-refractivity contribution in [1.82, 2.24) is 0 Å². The van der Waals surface area contributed by atoms with Gasteiger partial charge in [0.1, 0.15) is 16.9 Å². The number of carbonyl (C=O) groups excluding carboxylic acids is 1. The van der Waals surface area contributed by atoms with Gasteiger partial charge in [-0.15, -0.1) is 0 Å². The minimum atomic E-state index is -0.744. The lowest BCUT2D eigenvalue weighted by atomic mass is 10.1. The standard InChI is InChI=1S/C18H13Cl2NO4/c1-2-24-14-4-3-10-5-15(18(23)25-16(10)9-14)17(22)21-13-7-11(19)6-12(20)8-13/h3-9H,2H2,1H3,(H,21,22). The molecule has 1 N–H and O–H groups in total. The summed E-state index contributed by atoms with van der Waals surface area (Å²) >= 11 is 11.8. The number of benzene rings is 2. The molecular weight excluding hydrogens is 365 g/mol. The maximum atomic E-state index is 12.4. The number of nitrogens with one attached hydrogen (secondary N) is 1. The molecular formula is C18H13Cl2NO4. The number of rotatable bonds is 4. The second-order valence-corrected chi connectivity index (χ2v) is 6.07. The minimum Gasteiger partial charge on any atom is -0.494 e. The molecule has 0 bridgehead atoms. The van der Waals surface area contributed by atoms with Gasteiger partial charge in [-0.25, -0.2) is 4.79 Å². The van der Waals surface area contributed by atoms with Gasteiger partial charge in [0, 0.05) is 27.2 Å². The molecule has 1 aromatic heterocycles.